The van der Waals surface area contributed by atoms with E-state index in [1.165, 1.54) is 12.1 Å². The van der Waals surface area contributed by atoms with E-state index in [1.807, 2.05) is 24.3 Å². The first-order valence-corrected chi connectivity index (χ1v) is 8.20. The van der Waals surface area contributed by atoms with E-state index in [2.05, 4.69) is 26.4 Å². The summed E-state index contributed by atoms with van der Waals surface area (Å²) in [4.78, 5) is 14.0. The normalized spacial score (nSPS) is 16.0. The van der Waals surface area contributed by atoms with Gasteiger partial charge in [0.2, 0.25) is 5.95 Å². The molecule has 1 aliphatic heterocycles. The van der Waals surface area contributed by atoms with Crippen LogP contribution in [0.25, 0.3) is 11.2 Å². The fourth-order valence-corrected chi connectivity index (χ4v) is 3.11. The molecule has 1 fully saturated rings. The largest absolute Gasteiger partial charge is 0.340 e. The molecule has 0 bridgehead atoms. The van der Waals surface area contributed by atoms with Crippen LogP contribution in [0.5, 0.6) is 0 Å². The third-order valence-electron chi connectivity index (χ3n) is 4.52. The molecule has 0 amide bonds. The van der Waals surface area contributed by atoms with Crippen LogP contribution in [0.3, 0.4) is 0 Å². The zero-order valence-corrected chi connectivity index (χ0v) is 13.7. The van der Waals surface area contributed by atoms with Gasteiger partial charge in [0.25, 0.3) is 0 Å². The molecule has 2 aromatic heterocycles. The smallest absolute Gasteiger partial charge is 0.208 e. The van der Waals surface area contributed by atoms with E-state index in [-0.39, 0.29) is 5.82 Å². The second-order valence-corrected chi connectivity index (χ2v) is 6.26. The summed E-state index contributed by atoms with van der Waals surface area (Å²) >= 11 is 0. The number of benzene rings is 1. The maximum Gasteiger partial charge on any atom is 0.208 e. The van der Waals surface area contributed by atoms with E-state index in [1.54, 1.807) is 6.20 Å². The molecule has 0 atom stereocenters. The molecule has 1 aromatic carbocycles. The Kier molecular flexibility index (Phi) is 3.90. The number of piperazine rings is 1. The molecule has 3 aromatic rings. The molecule has 0 unspecified atom stereocenters. The highest BCUT2D eigenvalue weighted by Gasteiger charge is 2.21. The molecule has 24 heavy (non-hydrogen) atoms. The Morgan fingerprint density at radius 2 is 1.79 bits per heavy atom. The topological polar surface area (TPSA) is 37.2 Å². The molecular formula is C18H20FN5. The summed E-state index contributed by atoms with van der Waals surface area (Å²) in [6, 6.07) is 10.5. The van der Waals surface area contributed by atoms with Crippen LogP contribution >= 0.6 is 0 Å². The van der Waals surface area contributed by atoms with E-state index in [0.717, 1.165) is 48.9 Å². The van der Waals surface area contributed by atoms with Crippen molar-refractivity contribution >= 4 is 17.1 Å². The molecule has 124 valence electrons. The van der Waals surface area contributed by atoms with Gasteiger partial charge in [-0.3, -0.25) is 4.57 Å². The molecule has 3 heterocycles. The lowest BCUT2D eigenvalue weighted by Gasteiger charge is -2.33. The van der Waals surface area contributed by atoms with Gasteiger partial charge in [-0.15, -0.1) is 0 Å². The first kappa shape index (κ1) is 15.1. The predicted octanol–water partition coefficient (Wildman–Crippen LogP) is 2.37. The fraction of sp³-hybridized carbons (Fsp3) is 0.333. The Balaban J connectivity index is 1.74. The standard InChI is InChI=1S/C18H20FN5/c1-22-9-11-23(12-10-22)18-21-16-3-2-8-20-17(16)24(18)13-14-4-6-15(19)7-5-14/h2-8H,9-13H2,1H3. The Morgan fingerprint density at radius 3 is 2.54 bits per heavy atom. The lowest BCUT2D eigenvalue weighted by atomic mass is 10.2. The van der Waals surface area contributed by atoms with Crippen molar-refractivity contribution in [2.24, 2.45) is 0 Å². The quantitative estimate of drug-likeness (QED) is 0.741. The average molecular weight is 325 g/mol. The Bertz CT molecular complexity index is 834. The summed E-state index contributed by atoms with van der Waals surface area (Å²) in [5.41, 5.74) is 2.81. The SMILES string of the molecule is CN1CCN(c2nc3cccnc3n2Cc2ccc(F)cc2)CC1. The highest BCUT2D eigenvalue weighted by Crippen LogP contribution is 2.23. The lowest BCUT2D eigenvalue weighted by Crippen LogP contribution is -2.45. The van der Waals surface area contributed by atoms with Gasteiger partial charge in [-0.25, -0.2) is 14.4 Å². The minimum absolute atomic E-state index is 0.216. The summed E-state index contributed by atoms with van der Waals surface area (Å²) in [5.74, 6) is 0.729. The van der Waals surface area contributed by atoms with Crippen LogP contribution < -0.4 is 4.90 Å². The van der Waals surface area contributed by atoms with E-state index in [0.29, 0.717) is 6.54 Å². The molecule has 0 N–H and O–H groups in total. The van der Waals surface area contributed by atoms with Crippen LogP contribution in [0, 0.1) is 5.82 Å². The van der Waals surface area contributed by atoms with Crippen molar-refractivity contribution in [3.63, 3.8) is 0 Å². The van der Waals surface area contributed by atoms with E-state index < -0.39 is 0 Å². The highest BCUT2D eigenvalue weighted by atomic mass is 19.1. The molecule has 0 radical (unpaired) electrons. The maximum atomic E-state index is 13.2. The first-order chi connectivity index (χ1) is 11.7. The monoisotopic (exact) mass is 325 g/mol. The molecule has 0 spiro atoms. The van der Waals surface area contributed by atoms with Crippen molar-refractivity contribution in [3.8, 4) is 0 Å². The lowest BCUT2D eigenvalue weighted by molar-refractivity contribution is 0.310. The zero-order valence-electron chi connectivity index (χ0n) is 13.7. The molecule has 0 aliphatic carbocycles. The second kappa shape index (κ2) is 6.20. The van der Waals surface area contributed by atoms with Gasteiger partial charge in [0.15, 0.2) is 5.65 Å². The molecule has 5 nitrogen and oxygen atoms in total. The van der Waals surface area contributed by atoms with Gasteiger partial charge in [0.1, 0.15) is 11.3 Å². The van der Waals surface area contributed by atoms with E-state index in [4.69, 9.17) is 4.98 Å². The summed E-state index contributed by atoms with van der Waals surface area (Å²) in [5, 5.41) is 0. The van der Waals surface area contributed by atoms with Crippen LogP contribution in [0.4, 0.5) is 10.3 Å². The first-order valence-electron chi connectivity index (χ1n) is 8.20. The van der Waals surface area contributed by atoms with Gasteiger partial charge in [-0.1, -0.05) is 12.1 Å². The van der Waals surface area contributed by atoms with Gasteiger partial charge in [-0.05, 0) is 36.9 Å². The fourth-order valence-electron chi connectivity index (χ4n) is 3.11. The van der Waals surface area contributed by atoms with Crippen LogP contribution in [-0.4, -0.2) is 52.7 Å². The van der Waals surface area contributed by atoms with Gasteiger partial charge >= 0.3 is 0 Å². The number of fused-ring (bicyclic) bond motifs is 1. The average Bonchev–Trinajstić information content (AvgIpc) is 2.96. The van der Waals surface area contributed by atoms with Crippen molar-refractivity contribution in [1.29, 1.82) is 0 Å². The minimum atomic E-state index is -0.216. The summed E-state index contributed by atoms with van der Waals surface area (Å²) in [6.07, 6.45) is 1.79. The minimum Gasteiger partial charge on any atom is -0.340 e. The Morgan fingerprint density at radius 1 is 1.04 bits per heavy atom. The third kappa shape index (κ3) is 2.85. The maximum absolute atomic E-state index is 13.2. The van der Waals surface area contributed by atoms with Gasteiger partial charge in [-0.2, -0.15) is 0 Å². The van der Waals surface area contributed by atoms with Crippen LogP contribution in [-0.2, 0) is 6.54 Å². The number of hydrogen-bond donors (Lipinski definition) is 0. The highest BCUT2D eigenvalue weighted by molar-refractivity contribution is 5.74. The summed E-state index contributed by atoms with van der Waals surface area (Å²) < 4.78 is 15.3. The molecule has 0 saturated carbocycles. The number of rotatable bonds is 3. The number of hydrogen-bond acceptors (Lipinski definition) is 4. The third-order valence-corrected chi connectivity index (χ3v) is 4.52. The number of halogens is 1. The van der Waals surface area contributed by atoms with Gasteiger partial charge in [0, 0.05) is 32.4 Å². The second-order valence-electron chi connectivity index (χ2n) is 6.26. The van der Waals surface area contributed by atoms with Crippen LogP contribution in [0.2, 0.25) is 0 Å². The van der Waals surface area contributed by atoms with Gasteiger partial charge < -0.3 is 9.80 Å². The number of likely N-dealkylation sites (N-methyl/N-ethyl adjacent to an activating group) is 1. The summed E-state index contributed by atoms with van der Waals surface area (Å²) in [7, 11) is 2.14. The number of nitrogens with zero attached hydrogens (tertiary/aromatic N) is 5. The Labute approximate surface area is 140 Å². The van der Waals surface area contributed by atoms with E-state index >= 15 is 0 Å². The molecule has 6 heteroatoms. The van der Waals surface area contributed by atoms with Crippen molar-refractivity contribution in [2.45, 2.75) is 6.54 Å². The molecule has 1 saturated heterocycles. The van der Waals surface area contributed by atoms with Crippen molar-refractivity contribution in [1.82, 2.24) is 19.4 Å². The summed E-state index contributed by atoms with van der Waals surface area (Å²) in [6.45, 7) is 4.57. The van der Waals surface area contributed by atoms with Crippen LogP contribution in [0.15, 0.2) is 42.6 Å². The van der Waals surface area contributed by atoms with Crippen molar-refractivity contribution in [3.05, 3.63) is 54.0 Å². The van der Waals surface area contributed by atoms with Gasteiger partial charge in [0.05, 0.1) is 6.54 Å². The van der Waals surface area contributed by atoms with Crippen molar-refractivity contribution < 1.29 is 4.39 Å². The van der Waals surface area contributed by atoms with Crippen LogP contribution in [0.1, 0.15) is 5.56 Å². The molecular weight excluding hydrogens is 305 g/mol. The Hall–Kier alpha value is -2.47. The molecule has 1 aliphatic rings. The van der Waals surface area contributed by atoms with Crippen molar-refractivity contribution in [2.75, 3.05) is 38.1 Å². The number of aromatic nitrogens is 3. The number of imidazole rings is 1. The predicted molar refractivity (Wildman–Crippen MR) is 92.7 cm³/mol. The zero-order chi connectivity index (χ0) is 16.5. The molecule has 4 rings (SSSR count). The number of anilines is 1. The van der Waals surface area contributed by atoms with E-state index in [9.17, 15) is 4.39 Å². The number of pyridine rings is 1.